The van der Waals surface area contributed by atoms with Gasteiger partial charge in [-0.3, -0.25) is 0 Å². The van der Waals surface area contributed by atoms with Crippen LogP contribution in [0.25, 0.3) is 0 Å². The first-order chi connectivity index (χ1) is 9.28. The standard InChI is InChI=1S/C17H28N2/c1-3-16-7-9-17(10-8-16)13-18-15(2)14-19-11-5-4-6-12-19/h7-10,15,18H,3-6,11-14H2,1-2H3/t15-/m0/s1. The van der Waals surface area contributed by atoms with Gasteiger partial charge in [-0.25, -0.2) is 0 Å². The van der Waals surface area contributed by atoms with E-state index in [0.717, 1.165) is 13.0 Å². The SMILES string of the molecule is CCc1ccc(CN[C@@H](C)CN2CCCCC2)cc1. The van der Waals surface area contributed by atoms with E-state index in [0.29, 0.717) is 6.04 Å². The molecule has 1 aromatic carbocycles. The Kier molecular flexibility index (Phi) is 5.87. The van der Waals surface area contributed by atoms with Crippen molar-refractivity contribution in [2.24, 2.45) is 0 Å². The van der Waals surface area contributed by atoms with Crippen LogP contribution in [0.2, 0.25) is 0 Å². The summed E-state index contributed by atoms with van der Waals surface area (Å²) < 4.78 is 0. The maximum atomic E-state index is 3.64. The number of aryl methyl sites for hydroxylation is 1. The fraction of sp³-hybridized carbons (Fsp3) is 0.647. The molecule has 0 aliphatic carbocycles. The van der Waals surface area contributed by atoms with Crippen molar-refractivity contribution in [1.29, 1.82) is 0 Å². The predicted molar refractivity (Wildman–Crippen MR) is 82.4 cm³/mol. The van der Waals surface area contributed by atoms with Crippen LogP contribution in [0.5, 0.6) is 0 Å². The Balaban J connectivity index is 1.71. The molecule has 0 bridgehead atoms. The van der Waals surface area contributed by atoms with Gasteiger partial charge < -0.3 is 10.2 Å². The monoisotopic (exact) mass is 260 g/mol. The summed E-state index contributed by atoms with van der Waals surface area (Å²) in [5.41, 5.74) is 2.81. The van der Waals surface area contributed by atoms with Gasteiger partial charge in [-0.05, 0) is 50.4 Å². The smallest absolute Gasteiger partial charge is 0.0208 e. The lowest BCUT2D eigenvalue weighted by molar-refractivity contribution is 0.209. The van der Waals surface area contributed by atoms with Crippen molar-refractivity contribution in [1.82, 2.24) is 10.2 Å². The minimum atomic E-state index is 0.573. The average Bonchev–Trinajstić information content (AvgIpc) is 2.47. The molecule has 1 saturated heterocycles. The second-order valence-corrected chi connectivity index (χ2v) is 5.81. The minimum absolute atomic E-state index is 0.573. The zero-order chi connectivity index (χ0) is 13.5. The van der Waals surface area contributed by atoms with Crippen LogP contribution in [0.3, 0.4) is 0 Å². The van der Waals surface area contributed by atoms with Gasteiger partial charge >= 0.3 is 0 Å². The highest BCUT2D eigenvalue weighted by atomic mass is 15.1. The van der Waals surface area contributed by atoms with E-state index in [1.54, 1.807) is 0 Å². The largest absolute Gasteiger partial charge is 0.309 e. The van der Waals surface area contributed by atoms with Gasteiger partial charge in [0.25, 0.3) is 0 Å². The van der Waals surface area contributed by atoms with Crippen LogP contribution in [0, 0.1) is 0 Å². The summed E-state index contributed by atoms with van der Waals surface area (Å²) in [6.45, 7) is 9.25. The van der Waals surface area contributed by atoms with Crippen LogP contribution in [0.1, 0.15) is 44.2 Å². The molecule has 2 rings (SSSR count). The topological polar surface area (TPSA) is 15.3 Å². The molecule has 0 unspecified atom stereocenters. The maximum Gasteiger partial charge on any atom is 0.0208 e. The van der Waals surface area contributed by atoms with Gasteiger partial charge in [-0.2, -0.15) is 0 Å². The maximum absolute atomic E-state index is 3.64. The third-order valence-electron chi connectivity index (χ3n) is 4.07. The van der Waals surface area contributed by atoms with Crippen LogP contribution < -0.4 is 5.32 Å². The van der Waals surface area contributed by atoms with Gasteiger partial charge in [0.1, 0.15) is 0 Å². The van der Waals surface area contributed by atoms with E-state index in [2.05, 4.69) is 48.3 Å². The highest BCUT2D eigenvalue weighted by Gasteiger charge is 2.12. The van der Waals surface area contributed by atoms with Crippen LogP contribution in [0.4, 0.5) is 0 Å². The van der Waals surface area contributed by atoms with Gasteiger partial charge in [-0.15, -0.1) is 0 Å². The van der Waals surface area contributed by atoms with Crippen molar-refractivity contribution < 1.29 is 0 Å². The number of piperidine rings is 1. The molecule has 1 fully saturated rings. The zero-order valence-corrected chi connectivity index (χ0v) is 12.5. The van der Waals surface area contributed by atoms with Crippen molar-refractivity contribution in [2.75, 3.05) is 19.6 Å². The number of benzene rings is 1. The Bertz CT molecular complexity index is 352. The third kappa shape index (κ3) is 4.96. The second-order valence-electron chi connectivity index (χ2n) is 5.81. The van der Waals surface area contributed by atoms with Crippen molar-refractivity contribution in [3.63, 3.8) is 0 Å². The summed E-state index contributed by atoms with van der Waals surface area (Å²) in [7, 11) is 0. The number of nitrogens with zero attached hydrogens (tertiary/aromatic N) is 1. The van der Waals surface area contributed by atoms with Gasteiger partial charge in [0.05, 0.1) is 0 Å². The van der Waals surface area contributed by atoms with Crippen LogP contribution >= 0.6 is 0 Å². The summed E-state index contributed by atoms with van der Waals surface area (Å²) in [5, 5.41) is 3.64. The van der Waals surface area contributed by atoms with Crippen molar-refractivity contribution in [2.45, 2.75) is 52.1 Å². The van der Waals surface area contributed by atoms with Crippen LogP contribution in [-0.2, 0) is 13.0 Å². The first-order valence-electron chi connectivity index (χ1n) is 7.81. The summed E-state index contributed by atoms with van der Waals surface area (Å²) in [6.07, 6.45) is 5.30. The molecule has 106 valence electrons. The lowest BCUT2D eigenvalue weighted by atomic mass is 10.1. The van der Waals surface area contributed by atoms with Gasteiger partial charge in [0, 0.05) is 19.1 Å². The molecule has 2 nitrogen and oxygen atoms in total. The summed E-state index contributed by atoms with van der Waals surface area (Å²) in [4.78, 5) is 2.60. The summed E-state index contributed by atoms with van der Waals surface area (Å²) in [5.74, 6) is 0. The lowest BCUT2D eigenvalue weighted by Crippen LogP contribution is -2.41. The molecule has 0 radical (unpaired) electrons. The van der Waals surface area contributed by atoms with E-state index in [1.807, 2.05) is 0 Å². The molecule has 19 heavy (non-hydrogen) atoms. The molecule has 1 aliphatic rings. The van der Waals surface area contributed by atoms with Gasteiger partial charge in [0.2, 0.25) is 0 Å². The quantitative estimate of drug-likeness (QED) is 0.845. The second kappa shape index (κ2) is 7.66. The van der Waals surface area contributed by atoms with E-state index >= 15 is 0 Å². The van der Waals surface area contributed by atoms with Crippen molar-refractivity contribution >= 4 is 0 Å². The van der Waals surface area contributed by atoms with E-state index in [9.17, 15) is 0 Å². The molecule has 1 aliphatic heterocycles. The molecule has 1 heterocycles. The molecule has 1 N–H and O–H groups in total. The van der Waals surface area contributed by atoms with Gasteiger partial charge in [-0.1, -0.05) is 37.6 Å². The van der Waals surface area contributed by atoms with Crippen molar-refractivity contribution in [3.05, 3.63) is 35.4 Å². The van der Waals surface area contributed by atoms with E-state index in [1.165, 1.54) is 50.0 Å². The Labute approximate surface area is 118 Å². The predicted octanol–water partition coefficient (Wildman–Crippen LogP) is 3.21. The van der Waals surface area contributed by atoms with E-state index in [4.69, 9.17) is 0 Å². The number of nitrogens with one attached hydrogen (secondary N) is 1. The molecule has 0 saturated carbocycles. The molecule has 0 spiro atoms. The Morgan fingerprint density at radius 2 is 1.68 bits per heavy atom. The fourth-order valence-electron chi connectivity index (χ4n) is 2.78. The summed E-state index contributed by atoms with van der Waals surface area (Å²) in [6, 6.07) is 9.56. The minimum Gasteiger partial charge on any atom is -0.309 e. The Morgan fingerprint density at radius 3 is 2.32 bits per heavy atom. The molecule has 2 heteroatoms. The third-order valence-corrected chi connectivity index (χ3v) is 4.07. The van der Waals surface area contributed by atoms with Crippen LogP contribution in [-0.4, -0.2) is 30.6 Å². The molecular weight excluding hydrogens is 232 g/mol. The normalized spacial score (nSPS) is 18.4. The molecular formula is C17H28N2. The number of likely N-dealkylation sites (tertiary alicyclic amines) is 1. The number of hydrogen-bond acceptors (Lipinski definition) is 2. The summed E-state index contributed by atoms with van der Waals surface area (Å²) >= 11 is 0. The zero-order valence-electron chi connectivity index (χ0n) is 12.5. The highest BCUT2D eigenvalue weighted by Crippen LogP contribution is 2.09. The molecule has 1 atom stereocenters. The average molecular weight is 260 g/mol. The fourth-order valence-corrected chi connectivity index (χ4v) is 2.78. The number of hydrogen-bond donors (Lipinski definition) is 1. The lowest BCUT2D eigenvalue weighted by Gasteiger charge is -2.29. The van der Waals surface area contributed by atoms with Crippen molar-refractivity contribution in [3.8, 4) is 0 Å². The number of rotatable bonds is 6. The Hall–Kier alpha value is -0.860. The van der Waals surface area contributed by atoms with E-state index < -0.39 is 0 Å². The first-order valence-corrected chi connectivity index (χ1v) is 7.81. The Morgan fingerprint density at radius 1 is 1.05 bits per heavy atom. The first kappa shape index (κ1) is 14.5. The molecule has 1 aromatic rings. The molecule has 0 aromatic heterocycles. The van der Waals surface area contributed by atoms with Crippen LogP contribution in [0.15, 0.2) is 24.3 Å². The van der Waals surface area contributed by atoms with Gasteiger partial charge in [0.15, 0.2) is 0 Å². The van der Waals surface area contributed by atoms with E-state index in [-0.39, 0.29) is 0 Å². The highest BCUT2D eigenvalue weighted by molar-refractivity contribution is 5.22. The molecule has 0 amide bonds.